The van der Waals surface area contributed by atoms with Gasteiger partial charge in [-0.1, -0.05) is 0 Å². The minimum absolute atomic E-state index is 0.516. The zero-order valence-corrected chi connectivity index (χ0v) is 11.3. The van der Waals surface area contributed by atoms with Gasteiger partial charge in [0, 0.05) is 0 Å². The molecule has 4 N–H and O–H groups in total. The predicted molar refractivity (Wildman–Crippen MR) is 62.1 cm³/mol. The van der Waals surface area contributed by atoms with Crippen molar-refractivity contribution in [3.05, 3.63) is 0 Å². The molecule has 10 heteroatoms. The van der Waals surface area contributed by atoms with Gasteiger partial charge in [0.1, 0.15) is 0 Å². The summed E-state index contributed by atoms with van der Waals surface area (Å²) in [5, 5.41) is 17.0. The number of sulfonamides is 2. The third-order valence-electron chi connectivity index (χ3n) is 1.54. The molecule has 0 radical (unpaired) electrons. The number of aliphatic hydroxyl groups is 2. The van der Waals surface area contributed by atoms with Crippen molar-refractivity contribution in [2.24, 2.45) is 0 Å². The van der Waals surface area contributed by atoms with Crippen LogP contribution in [0.1, 0.15) is 13.8 Å². The summed E-state index contributed by atoms with van der Waals surface area (Å²) in [5.41, 5.74) is -1.43. The van der Waals surface area contributed by atoms with Crippen molar-refractivity contribution in [1.29, 1.82) is 0 Å². The van der Waals surface area contributed by atoms with E-state index < -0.39 is 50.4 Å². The van der Waals surface area contributed by atoms with Crippen LogP contribution >= 0.6 is 0 Å². The van der Waals surface area contributed by atoms with Gasteiger partial charge in [-0.2, -0.15) is 9.44 Å². The molecule has 0 spiro atoms. The molecular weight excluding hydrogens is 272 g/mol. The van der Waals surface area contributed by atoms with Gasteiger partial charge in [-0.05, 0) is 13.8 Å². The van der Waals surface area contributed by atoms with Gasteiger partial charge < -0.3 is 10.2 Å². The first-order valence-corrected chi connectivity index (χ1v) is 8.09. The minimum atomic E-state index is -3.77. The van der Waals surface area contributed by atoms with Crippen LogP contribution in [-0.4, -0.2) is 57.4 Å². The maximum atomic E-state index is 11.3. The van der Waals surface area contributed by atoms with E-state index in [-0.39, 0.29) is 0 Å². The molecule has 0 amide bonds. The Bertz CT molecular complexity index is 387. The second-order valence-corrected chi connectivity index (χ2v) is 7.60. The standard InChI is InChI=1S/C7H18N2O6S2/c1-7(2,8-16(12,13)5-3-10)9-17(14,15)6-4-11/h8-11H,3-6H2,1-2H3. The van der Waals surface area contributed by atoms with Crippen LogP contribution < -0.4 is 9.44 Å². The van der Waals surface area contributed by atoms with Crippen LogP contribution in [0.5, 0.6) is 0 Å². The van der Waals surface area contributed by atoms with E-state index in [0.717, 1.165) is 0 Å². The van der Waals surface area contributed by atoms with E-state index >= 15 is 0 Å². The number of hydrogen-bond acceptors (Lipinski definition) is 6. The van der Waals surface area contributed by atoms with E-state index in [0.29, 0.717) is 0 Å². The Balaban J connectivity index is 4.71. The third kappa shape index (κ3) is 7.63. The highest BCUT2D eigenvalue weighted by atomic mass is 32.2. The fourth-order valence-electron chi connectivity index (χ4n) is 1.14. The Morgan fingerprint density at radius 1 is 0.882 bits per heavy atom. The summed E-state index contributed by atoms with van der Waals surface area (Å²) in [5.74, 6) is -1.03. The fraction of sp³-hybridized carbons (Fsp3) is 1.00. The van der Waals surface area contributed by atoms with Crippen LogP contribution in [-0.2, 0) is 20.0 Å². The van der Waals surface area contributed by atoms with Gasteiger partial charge in [0.25, 0.3) is 0 Å². The maximum absolute atomic E-state index is 11.3. The molecule has 0 rings (SSSR count). The van der Waals surface area contributed by atoms with E-state index in [9.17, 15) is 16.8 Å². The lowest BCUT2D eigenvalue weighted by Gasteiger charge is -2.26. The molecule has 0 fully saturated rings. The van der Waals surface area contributed by atoms with Gasteiger partial charge in [-0.15, -0.1) is 0 Å². The van der Waals surface area contributed by atoms with Gasteiger partial charge in [-0.3, -0.25) is 0 Å². The van der Waals surface area contributed by atoms with Crippen LogP contribution in [0.3, 0.4) is 0 Å². The summed E-state index contributed by atoms with van der Waals surface area (Å²) in [6.07, 6.45) is 0. The molecule has 104 valence electrons. The second-order valence-electron chi connectivity index (χ2n) is 3.91. The van der Waals surface area contributed by atoms with Crippen molar-refractivity contribution in [2.45, 2.75) is 19.5 Å². The van der Waals surface area contributed by atoms with E-state index in [1.165, 1.54) is 13.8 Å². The maximum Gasteiger partial charge on any atom is 0.215 e. The van der Waals surface area contributed by atoms with Crippen molar-refractivity contribution in [3.63, 3.8) is 0 Å². The van der Waals surface area contributed by atoms with E-state index in [2.05, 4.69) is 9.44 Å². The number of rotatable bonds is 8. The Kier molecular flexibility index (Phi) is 5.98. The van der Waals surface area contributed by atoms with E-state index in [1.54, 1.807) is 0 Å². The van der Waals surface area contributed by atoms with Crippen molar-refractivity contribution < 1.29 is 27.0 Å². The highest BCUT2D eigenvalue weighted by Gasteiger charge is 2.28. The molecule has 0 heterocycles. The first-order chi connectivity index (χ1) is 7.54. The van der Waals surface area contributed by atoms with Crippen LogP contribution in [0.15, 0.2) is 0 Å². The minimum Gasteiger partial charge on any atom is -0.395 e. The van der Waals surface area contributed by atoms with Crippen molar-refractivity contribution >= 4 is 20.0 Å². The van der Waals surface area contributed by atoms with Crippen molar-refractivity contribution in [1.82, 2.24) is 9.44 Å². The predicted octanol–water partition coefficient (Wildman–Crippen LogP) is -2.45. The molecule has 0 aliphatic rings. The monoisotopic (exact) mass is 290 g/mol. The second kappa shape index (κ2) is 6.07. The summed E-state index contributed by atoms with van der Waals surface area (Å²) in [7, 11) is -7.53. The summed E-state index contributed by atoms with van der Waals surface area (Å²) in [6.45, 7) is 1.51. The molecule has 0 bridgehead atoms. The van der Waals surface area contributed by atoms with Crippen molar-refractivity contribution in [3.8, 4) is 0 Å². The Hall–Kier alpha value is -0.260. The van der Waals surface area contributed by atoms with Gasteiger partial charge in [-0.25, -0.2) is 16.8 Å². The lowest BCUT2D eigenvalue weighted by molar-refractivity contribution is 0.316. The lowest BCUT2D eigenvalue weighted by Crippen LogP contribution is -2.57. The van der Waals surface area contributed by atoms with Crippen LogP contribution in [0.2, 0.25) is 0 Å². The average molecular weight is 290 g/mol. The SMILES string of the molecule is CC(C)(NS(=O)(=O)CCO)NS(=O)(=O)CCO. The molecule has 0 aromatic carbocycles. The zero-order chi connectivity index (χ0) is 13.7. The molecule has 0 aliphatic carbocycles. The highest BCUT2D eigenvalue weighted by molar-refractivity contribution is 7.90. The van der Waals surface area contributed by atoms with E-state index in [4.69, 9.17) is 10.2 Å². The first kappa shape index (κ1) is 16.7. The number of hydrogen-bond donors (Lipinski definition) is 4. The molecule has 0 aromatic heterocycles. The summed E-state index contributed by atoms with van der Waals surface area (Å²) < 4.78 is 49.5. The fourth-order valence-corrected chi connectivity index (χ4v) is 3.55. The smallest absolute Gasteiger partial charge is 0.215 e. The zero-order valence-electron chi connectivity index (χ0n) is 9.67. The van der Waals surface area contributed by atoms with Crippen molar-refractivity contribution in [2.75, 3.05) is 24.7 Å². The molecule has 17 heavy (non-hydrogen) atoms. The van der Waals surface area contributed by atoms with E-state index in [1.807, 2.05) is 0 Å². The molecule has 0 atom stereocenters. The third-order valence-corrected chi connectivity index (χ3v) is 4.62. The number of aliphatic hydroxyl groups excluding tert-OH is 2. The van der Waals surface area contributed by atoms with Gasteiger partial charge in [0.05, 0.1) is 30.4 Å². The molecular formula is C7H18N2O6S2. The largest absolute Gasteiger partial charge is 0.395 e. The summed E-state index contributed by atoms with van der Waals surface area (Å²) >= 11 is 0. The van der Waals surface area contributed by atoms with Gasteiger partial charge >= 0.3 is 0 Å². The Morgan fingerprint density at radius 3 is 1.41 bits per heavy atom. The van der Waals surface area contributed by atoms with Crippen LogP contribution in [0, 0.1) is 0 Å². The van der Waals surface area contributed by atoms with Crippen LogP contribution in [0.4, 0.5) is 0 Å². The summed E-state index contributed by atoms with van der Waals surface area (Å²) in [4.78, 5) is 0. The first-order valence-electron chi connectivity index (χ1n) is 4.78. The summed E-state index contributed by atoms with van der Waals surface area (Å²) in [6, 6.07) is 0. The molecule has 8 nitrogen and oxygen atoms in total. The lowest BCUT2D eigenvalue weighted by atomic mass is 10.3. The van der Waals surface area contributed by atoms with Gasteiger partial charge in [0.15, 0.2) is 0 Å². The van der Waals surface area contributed by atoms with Crippen LogP contribution in [0.25, 0.3) is 0 Å². The topological polar surface area (TPSA) is 133 Å². The molecule has 0 aliphatic heterocycles. The Labute approximate surface area is 101 Å². The average Bonchev–Trinajstić information content (AvgIpc) is 1.96. The molecule has 0 unspecified atom stereocenters. The normalized spacial score (nSPS) is 13.9. The highest BCUT2D eigenvalue weighted by Crippen LogP contribution is 2.03. The molecule has 0 saturated carbocycles. The van der Waals surface area contributed by atoms with Gasteiger partial charge in [0.2, 0.25) is 20.0 Å². The molecule has 0 saturated heterocycles. The Morgan fingerprint density at radius 2 is 1.18 bits per heavy atom. The molecule has 0 aromatic rings. The quantitative estimate of drug-likeness (QED) is 0.367. The number of nitrogens with one attached hydrogen (secondary N) is 2.